The zero-order valence-electron chi connectivity index (χ0n) is 16.6. The van der Waals surface area contributed by atoms with Gasteiger partial charge >= 0.3 is 0 Å². The van der Waals surface area contributed by atoms with Crippen LogP contribution in [0.5, 0.6) is 0 Å². The Kier molecular flexibility index (Phi) is 5.63. The van der Waals surface area contributed by atoms with Crippen LogP contribution < -0.4 is 16.2 Å². The maximum absolute atomic E-state index is 13.0. The van der Waals surface area contributed by atoms with E-state index in [4.69, 9.17) is 23.2 Å². The summed E-state index contributed by atoms with van der Waals surface area (Å²) in [6.07, 6.45) is 1.62. The van der Waals surface area contributed by atoms with Gasteiger partial charge in [-0.25, -0.2) is 4.98 Å². The average Bonchev–Trinajstić information content (AvgIpc) is 2.71. The summed E-state index contributed by atoms with van der Waals surface area (Å²) >= 11 is 12.6. The second-order valence-electron chi connectivity index (χ2n) is 6.88. The van der Waals surface area contributed by atoms with Crippen LogP contribution in [0.25, 0.3) is 22.2 Å². The smallest absolute Gasteiger partial charge is 0.259 e. The van der Waals surface area contributed by atoms with Crippen LogP contribution in [-0.4, -0.2) is 20.4 Å². The normalized spacial score (nSPS) is 10.8. The van der Waals surface area contributed by atoms with Crippen molar-refractivity contribution in [2.45, 2.75) is 6.92 Å². The summed E-state index contributed by atoms with van der Waals surface area (Å²) in [5.74, 6) is 0.148. The molecule has 0 aliphatic heterocycles. The quantitative estimate of drug-likeness (QED) is 0.453. The van der Waals surface area contributed by atoms with Gasteiger partial charge in [-0.3, -0.25) is 14.2 Å². The molecule has 2 N–H and O–H groups in total. The monoisotopic (exact) mass is 453 g/mol. The number of rotatable bonds is 4. The number of hydrogen-bond acceptors (Lipinski definition) is 5. The van der Waals surface area contributed by atoms with Crippen molar-refractivity contribution in [1.82, 2.24) is 14.5 Å². The van der Waals surface area contributed by atoms with Crippen LogP contribution in [0.4, 0.5) is 17.3 Å². The van der Waals surface area contributed by atoms with Crippen LogP contribution in [0.1, 0.15) is 6.92 Å². The Labute approximate surface area is 187 Å². The zero-order valence-corrected chi connectivity index (χ0v) is 18.1. The maximum atomic E-state index is 13.0. The molecule has 0 saturated carbocycles. The number of nitrogens with one attached hydrogen (secondary N) is 2. The van der Waals surface area contributed by atoms with Crippen LogP contribution in [0.15, 0.2) is 59.5 Å². The summed E-state index contributed by atoms with van der Waals surface area (Å²) < 4.78 is 1.44. The van der Waals surface area contributed by atoms with Crippen LogP contribution in [0, 0.1) is 0 Å². The van der Waals surface area contributed by atoms with E-state index in [1.165, 1.54) is 11.5 Å². The molecule has 0 atom stereocenters. The lowest BCUT2D eigenvalue weighted by Crippen LogP contribution is -2.20. The van der Waals surface area contributed by atoms with Crippen LogP contribution in [0.3, 0.4) is 0 Å². The fourth-order valence-corrected chi connectivity index (χ4v) is 3.85. The van der Waals surface area contributed by atoms with Gasteiger partial charge in [-0.05, 0) is 36.4 Å². The number of carbonyl (C=O) groups is 1. The first kappa shape index (κ1) is 20.8. The van der Waals surface area contributed by atoms with E-state index in [1.807, 2.05) is 6.07 Å². The van der Waals surface area contributed by atoms with Crippen molar-refractivity contribution < 1.29 is 4.79 Å². The molecule has 0 saturated heterocycles. The van der Waals surface area contributed by atoms with Gasteiger partial charge in [0.05, 0.1) is 15.6 Å². The molecule has 4 aromatic rings. The first-order valence-corrected chi connectivity index (χ1v) is 10.0. The van der Waals surface area contributed by atoms with Crippen molar-refractivity contribution in [3.05, 3.63) is 75.1 Å². The largest absolute Gasteiger partial charge is 0.326 e. The number of pyridine rings is 1. The van der Waals surface area contributed by atoms with Crippen LogP contribution in [-0.2, 0) is 11.8 Å². The summed E-state index contributed by atoms with van der Waals surface area (Å²) in [6, 6.07) is 13.9. The first-order valence-electron chi connectivity index (χ1n) is 9.29. The summed E-state index contributed by atoms with van der Waals surface area (Å²) in [4.78, 5) is 33.1. The van der Waals surface area contributed by atoms with Gasteiger partial charge in [-0.2, -0.15) is 4.98 Å². The van der Waals surface area contributed by atoms with E-state index in [0.717, 1.165) is 0 Å². The lowest BCUT2D eigenvalue weighted by Gasteiger charge is -2.12. The Hall–Kier alpha value is -3.42. The summed E-state index contributed by atoms with van der Waals surface area (Å²) in [6.45, 7) is 1.44. The zero-order chi connectivity index (χ0) is 22.1. The van der Waals surface area contributed by atoms with Crippen LogP contribution in [0.2, 0.25) is 10.0 Å². The maximum Gasteiger partial charge on any atom is 0.259 e. The fourth-order valence-electron chi connectivity index (χ4n) is 3.25. The number of aromatic nitrogens is 3. The molecule has 0 unspecified atom stereocenters. The molecular weight excluding hydrogens is 437 g/mol. The molecular formula is C22H17Cl2N5O2. The highest BCUT2D eigenvalue weighted by atomic mass is 35.5. The number of halogens is 2. The third-order valence-corrected chi connectivity index (χ3v) is 5.25. The van der Waals surface area contributed by atoms with E-state index in [-0.39, 0.29) is 11.5 Å². The van der Waals surface area contributed by atoms with Gasteiger partial charge in [0.25, 0.3) is 5.56 Å². The van der Waals surface area contributed by atoms with Gasteiger partial charge in [0.15, 0.2) is 0 Å². The first-order chi connectivity index (χ1) is 14.8. The third-order valence-electron chi connectivity index (χ3n) is 4.62. The van der Waals surface area contributed by atoms with Gasteiger partial charge in [0.1, 0.15) is 5.65 Å². The standard InChI is InChI=1S/C22H17Cl2N5O2/c1-12(30)26-14-5-3-6-15(10-14)27-22-25-11-13-9-16(21(31)29(2)20(13)28-22)19-17(23)7-4-8-18(19)24/h3-11H,1-2H3,(H,26,30)(H,25,27,28). The van der Waals surface area contributed by atoms with Gasteiger partial charge in [-0.15, -0.1) is 0 Å². The molecule has 156 valence electrons. The lowest BCUT2D eigenvalue weighted by molar-refractivity contribution is -0.114. The molecule has 1 amide bonds. The summed E-state index contributed by atoms with van der Waals surface area (Å²) in [5.41, 5.74) is 2.36. The molecule has 2 aromatic heterocycles. The molecule has 0 radical (unpaired) electrons. The molecule has 7 nitrogen and oxygen atoms in total. The van der Waals surface area contributed by atoms with E-state index >= 15 is 0 Å². The number of anilines is 3. The highest BCUT2D eigenvalue weighted by molar-refractivity contribution is 6.39. The number of carbonyl (C=O) groups excluding carboxylic acids is 1. The number of fused-ring (bicyclic) bond motifs is 1. The van der Waals surface area contributed by atoms with E-state index in [1.54, 1.807) is 55.7 Å². The van der Waals surface area contributed by atoms with Crippen molar-refractivity contribution in [2.24, 2.45) is 7.05 Å². The van der Waals surface area contributed by atoms with Crippen molar-refractivity contribution >= 4 is 57.5 Å². The Morgan fingerprint density at radius 3 is 2.42 bits per heavy atom. The van der Waals surface area contributed by atoms with Gasteiger partial charge < -0.3 is 10.6 Å². The molecule has 0 spiro atoms. The molecule has 31 heavy (non-hydrogen) atoms. The molecule has 0 aliphatic carbocycles. The van der Waals surface area contributed by atoms with E-state index in [9.17, 15) is 9.59 Å². The van der Waals surface area contributed by atoms with Crippen LogP contribution >= 0.6 is 23.2 Å². The minimum absolute atomic E-state index is 0.163. The second kappa shape index (κ2) is 8.37. The van der Waals surface area contributed by atoms with Gasteiger partial charge in [-0.1, -0.05) is 35.3 Å². The number of benzene rings is 2. The van der Waals surface area contributed by atoms with Gasteiger partial charge in [0.2, 0.25) is 11.9 Å². The molecule has 2 aromatic carbocycles. The highest BCUT2D eigenvalue weighted by Crippen LogP contribution is 2.33. The Bertz CT molecular complexity index is 1360. The molecule has 4 rings (SSSR count). The topological polar surface area (TPSA) is 88.9 Å². The van der Waals surface area contributed by atoms with Gasteiger partial charge in [0, 0.05) is 42.5 Å². The molecule has 0 aliphatic rings. The number of nitrogens with zero attached hydrogens (tertiary/aromatic N) is 3. The van der Waals surface area contributed by atoms with E-state index in [0.29, 0.717) is 49.5 Å². The minimum Gasteiger partial charge on any atom is -0.326 e. The number of aryl methyl sites for hydroxylation is 1. The summed E-state index contributed by atoms with van der Waals surface area (Å²) in [5, 5.41) is 7.25. The molecule has 0 fully saturated rings. The van der Waals surface area contributed by atoms with E-state index < -0.39 is 0 Å². The second-order valence-corrected chi connectivity index (χ2v) is 7.69. The van der Waals surface area contributed by atoms with Crippen molar-refractivity contribution in [2.75, 3.05) is 10.6 Å². The summed E-state index contributed by atoms with van der Waals surface area (Å²) in [7, 11) is 1.63. The predicted molar refractivity (Wildman–Crippen MR) is 124 cm³/mol. The highest BCUT2D eigenvalue weighted by Gasteiger charge is 2.16. The van der Waals surface area contributed by atoms with E-state index in [2.05, 4.69) is 20.6 Å². The average molecular weight is 454 g/mol. The Morgan fingerprint density at radius 2 is 1.71 bits per heavy atom. The van der Waals surface area contributed by atoms with Crippen molar-refractivity contribution in [3.63, 3.8) is 0 Å². The predicted octanol–water partition coefficient (Wildman–Crippen LogP) is 5.00. The minimum atomic E-state index is -0.278. The molecule has 2 heterocycles. The molecule has 9 heteroatoms. The van der Waals surface area contributed by atoms with Crippen molar-refractivity contribution in [1.29, 1.82) is 0 Å². The fraction of sp³-hybridized carbons (Fsp3) is 0.0909. The molecule has 0 bridgehead atoms. The van der Waals surface area contributed by atoms with Crippen molar-refractivity contribution in [3.8, 4) is 11.1 Å². The Balaban J connectivity index is 1.75. The Morgan fingerprint density at radius 1 is 1.03 bits per heavy atom. The third kappa shape index (κ3) is 4.23. The lowest BCUT2D eigenvalue weighted by atomic mass is 10.1. The SMILES string of the molecule is CC(=O)Nc1cccc(Nc2ncc3cc(-c4c(Cl)cccc4Cl)c(=O)n(C)c3n2)c1. The number of amides is 1. The number of hydrogen-bond donors (Lipinski definition) is 2.